The summed E-state index contributed by atoms with van der Waals surface area (Å²) in [6, 6.07) is 1.07. The number of hydrogen-bond donors (Lipinski definition) is 1. The molecule has 3 amide bonds. The maximum absolute atomic E-state index is 11.2. The Hall–Kier alpha value is -1.85. The highest BCUT2D eigenvalue weighted by molar-refractivity contribution is 5.94. The van der Waals surface area contributed by atoms with Crippen molar-refractivity contribution in [1.82, 2.24) is 10.1 Å². The van der Waals surface area contributed by atoms with E-state index in [4.69, 9.17) is 4.52 Å². The summed E-state index contributed by atoms with van der Waals surface area (Å²) in [6.07, 6.45) is 0.412. The first-order valence-electron chi connectivity index (χ1n) is 4.50. The minimum Gasteiger partial charge on any atom is -0.338 e. The van der Waals surface area contributed by atoms with Gasteiger partial charge in [-0.2, -0.15) is 0 Å². The molecule has 1 aromatic rings. The molecule has 0 spiro atoms. The maximum Gasteiger partial charge on any atom is 0.330 e. The number of imide groups is 1. The second-order valence-corrected chi connectivity index (χ2v) is 3.42. The van der Waals surface area contributed by atoms with Crippen molar-refractivity contribution >= 4 is 18.3 Å². The van der Waals surface area contributed by atoms with Crippen molar-refractivity contribution in [2.45, 2.75) is 19.8 Å². The van der Waals surface area contributed by atoms with E-state index in [1.807, 2.05) is 13.8 Å². The van der Waals surface area contributed by atoms with Gasteiger partial charge in [-0.25, -0.2) is 4.79 Å². The number of carbonyl (C=O) groups is 2. The van der Waals surface area contributed by atoms with Crippen molar-refractivity contribution in [2.75, 3.05) is 12.4 Å². The van der Waals surface area contributed by atoms with E-state index >= 15 is 0 Å². The maximum atomic E-state index is 11.2. The zero-order chi connectivity index (χ0) is 11.4. The lowest BCUT2D eigenvalue weighted by Crippen LogP contribution is -2.29. The topological polar surface area (TPSA) is 75.4 Å². The fourth-order valence-corrected chi connectivity index (χ4v) is 0.861. The predicted molar refractivity (Wildman–Crippen MR) is 53.4 cm³/mol. The number of hydrogen-bond acceptors (Lipinski definition) is 4. The van der Waals surface area contributed by atoms with Gasteiger partial charge in [-0.3, -0.25) is 15.0 Å². The molecule has 6 heteroatoms. The number of carbonyl (C=O) groups excluding carboxylic acids is 2. The third kappa shape index (κ3) is 2.80. The zero-order valence-electron chi connectivity index (χ0n) is 8.85. The van der Waals surface area contributed by atoms with Crippen molar-refractivity contribution in [3.63, 3.8) is 0 Å². The van der Waals surface area contributed by atoms with Crippen molar-refractivity contribution in [3.05, 3.63) is 11.8 Å². The van der Waals surface area contributed by atoms with Crippen LogP contribution >= 0.6 is 0 Å². The van der Waals surface area contributed by atoms with E-state index in [2.05, 4.69) is 10.5 Å². The lowest BCUT2D eigenvalue weighted by molar-refractivity contribution is -0.114. The molecular formula is C9H13N3O3. The van der Waals surface area contributed by atoms with Gasteiger partial charge in [-0.15, -0.1) is 0 Å². The average molecular weight is 211 g/mol. The summed E-state index contributed by atoms with van der Waals surface area (Å²) >= 11 is 0. The van der Waals surface area contributed by atoms with Gasteiger partial charge in [0.05, 0.1) is 5.69 Å². The van der Waals surface area contributed by atoms with E-state index in [9.17, 15) is 9.59 Å². The van der Waals surface area contributed by atoms with Crippen LogP contribution in [0.2, 0.25) is 0 Å². The number of amides is 3. The van der Waals surface area contributed by atoms with Gasteiger partial charge < -0.3 is 4.52 Å². The van der Waals surface area contributed by atoms with Gasteiger partial charge in [0.1, 0.15) is 0 Å². The molecule has 82 valence electrons. The Labute approximate surface area is 87.2 Å². The molecule has 0 unspecified atom stereocenters. The number of urea groups is 1. The van der Waals surface area contributed by atoms with Crippen LogP contribution in [0, 0.1) is 0 Å². The Kier molecular flexibility index (Phi) is 3.43. The van der Waals surface area contributed by atoms with Crippen molar-refractivity contribution < 1.29 is 14.1 Å². The molecule has 0 aliphatic heterocycles. The molecule has 0 radical (unpaired) electrons. The van der Waals surface area contributed by atoms with Gasteiger partial charge in [-0.1, -0.05) is 19.0 Å². The first-order valence-corrected chi connectivity index (χ1v) is 4.50. The molecule has 1 aromatic heterocycles. The number of aromatic nitrogens is 1. The monoisotopic (exact) mass is 211 g/mol. The van der Waals surface area contributed by atoms with Crippen LogP contribution in [0.5, 0.6) is 0 Å². The van der Waals surface area contributed by atoms with Crippen LogP contribution < -0.4 is 5.32 Å². The van der Waals surface area contributed by atoms with Crippen LogP contribution in [0.4, 0.5) is 10.7 Å². The summed E-state index contributed by atoms with van der Waals surface area (Å²) in [7, 11) is 1.35. The van der Waals surface area contributed by atoms with E-state index in [1.165, 1.54) is 7.05 Å². The van der Waals surface area contributed by atoms with Gasteiger partial charge in [0.25, 0.3) is 0 Å². The molecule has 0 aliphatic carbocycles. The molecule has 0 aromatic carbocycles. The average Bonchev–Trinajstić information content (AvgIpc) is 2.65. The minimum absolute atomic E-state index is 0.225. The van der Waals surface area contributed by atoms with Crippen LogP contribution in [0.1, 0.15) is 25.5 Å². The predicted octanol–water partition coefficient (Wildman–Crippen LogP) is 1.42. The van der Waals surface area contributed by atoms with Gasteiger partial charge in [-0.05, 0) is 5.92 Å². The number of nitrogens with one attached hydrogen (secondary N) is 1. The van der Waals surface area contributed by atoms with Crippen molar-refractivity contribution in [2.24, 2.45) is 0 Å². The van der Waals surface area contributed by atoms with Crippen LogP contribution in [0.25, 0.3) is 0 Å². The van der Waals surface area contributed by atoms with Crippen LogP contribution in [-0.4, -0.2) is 29.5 Å². The van der Waals surface area contributed by atoms with E-state index in [-0.39, 0.29) is 11.8 Å². The highest BCUT2D eigenvalue weighted by Gasteiger charge is 2.12. The summed E-state index contributed by atoms with van der Waals surface area (Å²) in [5, 5.41) is 6.15. The first kappa shape index (κ1) is 11.2. The highest BCUT2D eigenvalue weighted by Crippen LogP contribution is 2.17. The fourth-order valence-electron chi connectivity index (χ4n) is 0.861. The summed E-state index contributed by atoms with van der Waals surface area (Å²) in [4.78, 5) is 22.4. The molecule has 0 saturated carbocycles. The molecule has 0 aliphatic rings. The van der Waals surface area contributed by atoms with Gasteiger partial charge in [0.2, 0.25) is 12.3 Å². The second kappa shape index (κ2) is 4.59. The highest BCUT2D eigenvalue weighted by atomic mass is 16.5. The third-order valence-corrected chi connectivity index (χ3v) is 1.83. The van der Waals surface area contributed by atoms with Crippen LogP contribution in [0.3, 0.4) is 0 Å². The van der Waals surface area contributed by atoms with Crippen molar-refractivity contribution in [3.8, 4) is 0 Å². The van der Waals surface area contributed by atoms with Gasteiger partial charge in [0, 0.05) is 13.1 Å². The van der Waals surface area contributed by atoms with E-state index in [1.54, 1.807) is 6.07 Å². The molecule has 6 nitrogen and oxygen atoms in total. The number of nitrogens with zero attached hydrogens (tertiary/aromatic N) is 2. The normalized spacial score (nSPS) is 10.1. The molecule has 0 bridgehead atoms. The smallest absolute Gasteiger partial charge is 0.330 e. The number of rotatable bonds is 3. The van der Waals surface area contributed by atoms with E-state index < -0.39 is 6.03 Å². The summed E-state index contributed by atoms with van der Waals surface area (Å²) in [5.41, 5.74) is 0.749. The summed E-state index contributed by atoms with van der Waals surface area (Å²) in [5.74, 6) is 0.459. The first-order chi connectivity index (χ1) is 7.04. The van der Waals surface area contributed by atoms with Gasteiger partial charge >= 0.3 is 6.03 Å². The zero-order valence-corrected chi connectivity index (χ0v) is 8.85. The van der Waals surface area contributed by atoms with Crippen molar-refractivity contribution in [1.29, 1.82) is 0 Å². The number of anilines is 1. The Morgan fingerprint density at radius 3 is 2.80 bits per heavy atom. The van der Waals surface area contributed by atoms with E-state index in [0.717, 1.165) is 10.6 Å². The van der Waals surface area contributed by atoms with E-state index in [0.29, 0.717) is 6.41 Å². The second-order valence-electron chi connectivity index (χ2n) is 3.42. The SMILES string of the molecule is CC(C)c1cc(NC(=O)N(C)C=O)on1. The molecule has 0 atom stereocenters. The molecule has 1 heterocycles. The summed E-state index contributed by atoms with van der Waals surface area (Å²) < 4.78 is 4.87. The quantitative estimate of drug-likeness (QED) is 0.767. The Morgan fingerprint density at radius 1 is 1.67 bits per heavy atom. The fraction of sp³-hybridized carbons (Fsp3) is 0.444. The lowest BCUT2D eigenvalue weighted by Gasteiger charge is -2.07. The third-order valence-electron chi connectivity index (χ3n) is 1.83. The molecule has 0 fully saturated rings. The molecule has 1 N–H and O–H groups in total. The Bertz CT molecular complexity index is 359. The molecular weight excluding hydrogens is 198 g/mol. The lowest BCUT2D eigenvalue weighted by atomic mass is 10.1. The molecule has 1 rings (SSSR count). The van der Waals surface area contributed by atoms with Crippen LogP contribution in [-0.2, 0) is 4.79 Å². The Morgan fingerprint density at radius 2 is 2.33 bits per heavy atom. The summed E-state index contributed by atoms with van der Waals surface area (Å²) in [6.45, 7) is 3.92. The standard InChI is InChI=1S/C9H13N3O3/c1-6(2)7-4-8(15-11-7)10-9(14)12(3)5-13/h4-6H,1-3H3,(H,10,14). The molecule has 0 saturated heterocycles. The van der Waals surface area contributed by atoms with Gasteiger partial charge in [0.15, 0.2) is 0 Å². The largest absolute Gasteiger partial charge is 0.338 e. The van der Waals surface area contributed by atoms with Crippen LogP contribution in [0.15, 0.2) is 10.6 Å². The Balaban J connectivity index is 2.65. The molecule has 15 heavy (non-hydrogen) atoms. The minimum atomic E-state index is -0.559.